The number of hydrazone groups is 1. The fourth-order valence-corrected chi connectivity index (χ4v) is 1.53. The van der Waals surface area contributed by atoms with Crippen LogP contribution < -0.4 is 5.01 Å². The number of anilines is 1. The largest absolute Gasteiger partial charge is 0.293 e. The third-order valence-corrected chi connectivity index (χ3v) is 2.51. The number of rotatable bonds is 2. The van der Waals surface area contributed by atoms with Gasteiger partial charge in [0.05, 0.1) is 12.1 Å². The Hall–Kier alpha value is -1.68. The lowest BCUT2D eigenvalue weighted by Gasteiger charge is -2.10. The Morgan fingerprint density at radius 2 is 2.00 bits per heavy atom. The first-order valence-corrected chi connectivity index (χ1v) is 5.12. The van der Waals surface area contributed by atoms with Crippen molar-refractivity contribution in [1.29, 1.82) is 0 Å². The van der Waals surface area contributed by atoms with E-state index in [1.54, 1.807) is 24.3 Å². The Kier molecular flexibility index (Phi) is 2.75. The van der Waals surface area contributed by atoms with Gasteiger partial charge in [-0.25, -0.2) is 5.01 Å². The van der Waals surface area contributed by atoms with E-state index in [-0.39, 0.29) is 18.1 Å². The summed E-state index contributed by atoms with van der Waals surface area (Å²) >= 11 is 5.74. The highest BCUT2D eigenvalue weighted by Gasteiger charge is 2.27. The van der Waals surface area contributed by atoms with Crippen molar-refractivity contribution < 1.29 is 9.59 Å². The lowest BCUT2D eigenvalue weighted by molar-refractivity contribution is -0.117. The van der Waals surface area contributed by atoms with E-state index in [0.717, 1.165) is 0 Å². The molecule has 1 aliphatic rings. The van der Waals surface area contributed by atoms with Crippen molar-refractivity contribution in [3.8, 4) is 0 Å². The normalized spacial score (nSPS) is 15.2. The van der Waals surface area contributed by atoms with E-state index in [1.165, 1.54) is 11.9 Å². The highest BCUT2D eigenvalue weighted by atomic mass is 35.5. The molecule has 0 saturated carbocycles. The molecule has 0 fully saturated rings. The summed E-state index contributed by atoms with van der Waals surface area (Å²) in [5.41, 5.74) is 0.908. The van der Waals surface area contributed by atoms with Crippen LogP contribution in [0, 0.1) is 0 Å². The molecule has 0 aliphatic carbocycles. The first kappa shape index (κ1) is 10.8. The number of Topliss-reactive ketones (excluding diaryl/α,β-unsaturated/α-hetero) is 1. The van der Waals surface area contributed by atoms with Gasteiger partial charge in [-0.2, -0.15) is 5.10 Å². The lowest BCUT2D eigenvalue weighted by Crippen LogP contribution is -2.19. The second-order valence-corrected chi connectivity index (χ2v) is 3.90. The number of hydrogen-bond donors (Lipinski definition) is 0. The van der Waals surface area contributed by atoms with Crippen molar-refractivity contribution in [2.75, 3.05) is 5.01 Å². The molecular formula is C11H9ClN2O2. The number of carbonyl (C=O) groups excluding carboxylic acids is 2. The average Bonchev–Trinajstić information content (AvgIpc) is 2.62. The number of nitrogens with zero attached hydrogens (tertiary/aromatic N) is 2. The molecule has 0 N–H and O–H groups in total. The third-order valence-electron chi connectivity index (χ3n) is 2.25. The Labute approximate surface area is 97.5 Å². The maximum Gasteiger partial charge on any atom is 0.253 e. The maximum atomic E-state index is 11.6. The van der Waals surface area contributed by atoms with Gasteiger partial charge in [0, 0.05) is 11.9 Å². The van der Waals surface area contributed by atoms with Crippen molar-refractivity contribution in [1.82, 2.24) is 0 Å². The van der Waals surface area contributed by atoms with Gasteiger partial charge in [0.15, 0.2) is 5.78 Å². The van der Waals surface area contributed by atoms with E-state index in [0.29, 0.717) is 16.4 Å². The molecule has 0 radical (unpaired) electrons. The molecule has 16 heavy (non-hydrogen) atoms. The topological polar surface area (TPSA) is 49.7 Å². The standard InChI is InChI=1S/C11H9ClN2O2/c1-7(15)10-6-11(16)14(13-10)9-4-2-8(12)3-5-9/h2-5H,6H2,1H3. The van der Waals surface area contributed by atoms with Gasteiger partial charge in [0.1, 0.15) is 5.71 Å². The van der Waals surface area contributed by atoms with Crippen LogP contribution in [-0.4, -0.2) is 17.4 Å². The van der Waals surface area contributed by atoms with E-state index in [4.69, 9.17) is 11.6 Å². The zero-order chi connectivity index (χ0) is 11.7. The predicted octanol–water partition coefficient (Wildman–Crippen LogP) is 2.02. The quantitative estimate of drug-likeness (QED) is 0.789. The minimum absolute atomic E-state index is 0.0674. The van der Waals surface area contributed by atoms with Crippen LogP contribution in [0.4, 0.5) is 5.69 Å². The van der Waals surface area contributed by atoms with Gasteiger partial charge in [0.25, 0.3) is 5.91 Å². The van der Waals surface area contributed by atoms with Gasteiger partial charge in [-0.15, -0.1) is 0 Å². The van der Waals surface area contributed by atoms with Gasteiger partial charge in [-0.1, -0.05) is 11.6 Å². The maximum absolute atomic E-state index is 11.6. The van der Waals surface area contributed by atoms with E-state index in [1.807, 2.05) is 0 Å². The van der Waals surface area contributed by atoms with Gasteiger partial charge < -0.3 is 0 Å². The Morgan fingerprint density at radius 3 is 2.50 bits per heavy atom. The van der Waals surface area contributed by atoms with E-state index < -0.39 is 0 Å². The van der Waals surface area contributed by atoms with Gasteiger partial charge >= 0.3 is 0 Å². The minimum Gasteiger partial charge on any atom is -0.293 e. The first-order valence-electron chi connectivity index (χ1n) is 4.75. The number of benzene rings is 1. The van der Waals surface area contributed by atoms with Crippen LogP contribution in [0.25, 0.3) is 0 Å². The molecule has 1 heterocycles. The molecule has 1 amide bonds. The zero-order valence-corrected chi connectivity index (χ0v) is 9.36. The molecule has 82 valence electrons. The second kappa shape index (κ2) is 4.06. The molecule has 4 nitrogen and oxygen atoms in total. The highest BCUT2D eigenvalue weighted by Crippen LogP contribution is 2.22. The number of hydrogen-bond acceptors (Lipinski definition) is 3. The monoisotopic (exact) mass is 236 g/mol. The summed E-state index contributed by atoms with van der Waals surface area (Å²) in [7, 11) is 0. The van der Waals surface area contributed by atoms with Crippen LogP contribution in [0.3, 0.4) is 0 Å². The Morgan fingerprint density at radius 1 is 1.38 bits per heavy atom. The number of carbonyl (C=O) groups is 2. The molecule has 0 aromatic heterocycles. The molecule has 1 aliphatic heterocycles. The SMILES string of the molecule is CC(=O)C1=NN(c2ccc(Cl)cc2)C(=O)C1. The molecular weight excluding hydrogens is 228 g/mol. The Balaban J connectivity index is 2.31. The number of halogens is 1. The van der Waals surface area contributed by atoms with Crippen molar-refractivity contribution >= 4 is 34.7 Å². The zero-order valence-electron chi connectivity index (χ0n) is 8.61. The average molecular weight is 237 g/mol. The molecule has 0 saturated heterocycles. The van der Waals surface area contributed by atoms with Crippen molar-refractivity contribution in [2.24, 2.45) is 5.10 Å². The fraction of sp³-hybridized carbons (Fsp3) is 0.182. The van der Waals surface area contributed by atoms with Gasteiger partial charge in [-0.3, -0.25) is 9.59 Å². The lowest BCUT2D eigenvalue weighted by atomic mass is 10.2. The summed E-state index contributed by atoms with van der Waals surface area (Å²) in [5.74, 6) is -0.377. The fourth-order valence-electron chi connectivity index (χ4n) is 1.41. The van der Waals surface area contributed by atoms with Crippen molar-refractivity contribution in [2.45, 2.75) is 13.3 Å². The van der Waals surface area contributed by atoms with E-state index in [9.17, 15) is 9.59 Å². The van der Waals surface area contributed by atoms with Crippen LogP contribution in [0.1, 0.15) is 13.3 Å². The molecule has 1 aromatic rings. The van der Waals surface area contributed by atoms with Crippen LogP contribution >= 0.6 is 11.6 Å². The van der Waals surface area contributed by atoms with E-state index >= 15 is 0 Å². The minimum atomic E-state index is -0.201. The summed E-state index contributed by atoms with van der Waals surface area (Å²) < 4.78 is 0. The molecule has 0 unspecified atom stereocenters. The summed E-state index contributed by atoms with van der Waals surface area (Å²) in [6.45, 7) is 1.40. The van der Waals surface area contributed by atoms with Crippen LogP contribution in [0.5, 0.6) is 0 Å². The molecule has 0 atom stereocenters. The third kappa shape index (κ3) is 1.97. The number of amides is 1. The summed E-state index contributed by atoms with van der Waals surface area (Å²) in [5, 5.41) is 5.79. The molecule has 2 rings (SSSR count). The smallest absolute Gasteiger partial charge is 0.253 e. The predicted molar refractivity (Wildman–Crippen MR) is 61.7 cm³/mol. The van der Waals surface area contributed by atoms with Crippen LogP contribution in [0.2, 0.25) is 5.02 Å². The highest BCUT2D eigenvalue weighted by molar-refractivity contribution is 6.44. The van der Waals surface area contributed by atoms with Crippen LogP contribution in [-0.2, 0) is 9.59 Å². The molecule has 0 bridgehead atoms. The molecule has 0 spiro atoms. The summed E-state index contributed by atoms with van der Waals surface area (Å²) in [4.78, 5) is 22.7. The summed E-state index contributed by atoms with van der Waals surface area (Å²) in [6, 6.07) is 6.72. The summed E-state index contributed by atoms with van der Waals surface area (Å²) in [6.07, 6.45) is 0.0674. The van der Waals surface area contributed by atoms with Gasteiger partial charge in [0.2, 0.25) is 0 Å². The van der Waals surface area contributed by atoms with Crippen molar-refractivity contribution in [3.05, 3.63) is 29.3 Å². The van der Waals surface area contributed by atoms with Crippen molar-refractivity contribution in [3.63, 3.8) is 0 Å². The van der Waals surface area contributed by atoms with Crippen LogP contribution in [0.15, 0.2) is 29.4 Å². The number of ketones is 1. The molecule has 5 heteroatoms. The van der Waals surface area contributed by atoms with E-state index in [2.05, 4.69) is 5.10 Å². The Bertz CT molecular complexity index is 479. The molecule has 1 aromatic carbocycles. The second-order valence-electron chi connectivity index (χ2n) is 3.46. The first-order chi connectivity index (χ1) is 7.58. The van der Waals surface area contributed by atoms with Gasteiger partial charge in [-0.05, 0) is 24.3 Å².